The Labute approximate surface area is 391 Å². The van der Waals surface area contributed by atoms with Gasteiger partial charge in [-0.2, -0.15) is 0 Å². The Morgan fingerprint density at radius 3 is 1.29 bits per heavy atom. The third-order valence-corrected chi connectivity index (χ3v) is 13.0. The first-order valence-electron chi connectivity index (χ1n) is 26.9. The van der Waals surface area contributed by atoms with E-state index in [9.17, 15) is 19.4 Å². The number of carbonyl (C=O) groups is 1. The molecule has 372 valence electrons. The van der Waals surface area contributed by atoms with Crippen molar-refractivity contribution in [3.05, 3.63) is 36.5 Å². The number of hydrogen-bond donors (Lipinski definition) is 2. The van der Waals surface area contributed by atoms with Crippen molar-refractivity contribution in [3.8, 4) is 0 Å². The van der Waals surface area contributed by atoms with Crippen LogP contribution in [0.2, 0.25) is 0 Å². The van der Waals surface area contributed by atoms with Crippen LogP contribution in [0.4, 0.5) is 0 Å². The molecule has 0 aromatic carbocycles. The fraction of sp³-hybridized carbons (Fsp3) is 0.870. The highest BCUT2D eigenvalue weighted by Crippen LogP contribution is 2.38. The number of quaternary nitrogens is 1. The van der Waals surface area contributed by atoms with Crippen molar-refractivity contribution in [1.29, 1.82) is 0 Å². The maximum absolute atomic E-state index is 12.9. The number of aliphatic hydroxyl groups is 1. The van der Waals surface area contributed by atoms with Gasteiger partial charge in [0.25, 0.3) is 7.82 Å². The molecule has 0 aromatic heterocycles. The highest BCUT2D eigenvalue weighted by Gasteiger charge is 2.23. The molecule has 2 N–H and O–H groups in total. The molecule has 0 heterocycles. The van der Waals surface area contributed by atoms with E-state index < -0.39 is 26.6 Å². The van der Waals surface area contributed by atoms with Gasteiger partial charge >= 0.3 is 0 Å². The predicted octanol–water partition coefficient (Wildman–Crippen LogP) is 15.2. The molecule has 0 spiro atoms. The number of unbranched alkanes of at least 4 members (excludes halogenated alkanes) is 32. The van der Waals surface area contributed by atoms with E-state index in [4.69, 9.17) is 9.05 Å². The molecule has 0 bridgehead atoms. The van der Waals surface area contributed by atoms with Gasteiger partial charge in [0.1, 0.15) is 13.2 Å². The molecular formula is C54H105N2O6P. The van der Waals surface area contributed by atoms with E-state index in [1.165, 1.54) is 193 Å². The number of phosphoric ester groups is 1. The molecule has 0 aliphatic heterocycles. The second-order valence-corrected chi connectivity index (χ2v) is 21.0. The Bertz CT molecular complexity index is 1120. The standard InChI is InChI=1S/C54H105N2O6P/c1-6-8-10-12-14-16-18-20-22-23-24-25-26-27-28-29-30-31-32-33-34-36-38-40-42-44-46-48-54(58)55-52(51-62-63(59,60)61-50-49-56(3,4)5)53(57)47-45-43-41-39-37-35-21-19-17-15-13-11-9-7-2/h23-24,37,39,45,47,52-53,57H,6-22,25-36,38,40-44,46,48-51H2,1-5H3,(H-,55,58,59,60)/b24-23-,39-37+,47-45+. The molecule has 0 rings (SSSR count). The van der Waals surface area contributed by atoms with Crippen LogP contribution in [0.25, 0.3) is 0 Å². The zero-order valence-electron chi connectivity index (χ0n) is 42.3. The fourth-order valence-corrected chi connectivity index (χ4v) is 8.53. The molecule has 0 saturated carbocycles. The summed E-state index contributed by atoms with van der Waals surface area (Å²) >= 11 is 0. The monoisotopic (exact) mass is 909 g/mol. The minimum atomic E-state index is -4.60. The van der Waals surface area contributed by atoms with Crippen LogP contribution in [0.15, 0.2) is 36.5 Å². The summed E-state index contributed by atoms with van der Waals surface area (Å²) in [5.74, 6) is -0.205. The minimum Gasteiger partial charge on any atom is -0.756 e. The van der Waals surface area contributed by atoms with E-state index >= 15 is 0 Å². The Hall–Kier alpha value is -1.28. The lowest BCUT2D eigenvalue weighted by atomic mass is 10.0. The van der Waals surface area contributed by atoms with Crippen molar-refractivity contribution in [2.24, 2.45) is 0 Å². The lowest BCUT2D eigenvalue weighted by Crippen LogP contribution is -2.45. The van der Waals surface area contributed by atoms with Gasteiger partial charge in [0, 0.05) is 6.42 Å². The zero-order valence-corrected chi connectivity index (χ0v) is 43.2. The number of hydrogen-bond acceptors (Lipinski definition) is 6. The van der Waals surface area contributed by atoms with E-state index in [1.54, 1.807) is 6.08 Å². The maximum Gasteiger partial charge on any atom is 0.268 e. The topological polar surface area (TPSA) is 108 Å². The highest BCUT2D eigenvalue weighted by molar-refractivity contribution is 7.45. The van der Waals surface area contributed by atoms with E-state index in [-0.39, 0.29) is 12.5 Å². The second kappa shape index (κ2) is 45.9. The molecule has 0 aliphatic carbocycles. The minimum absolute atomic E-state index is 0.00544. The van der Waals surface area contributed by atoms with E-state index in [0.29, 0.717) is 17.4 Å². The number of likely N-dealkylation sites (N-methyl/N-ethyl adjacent to an activating group) is 1. The SMILES string of the molecule is CCCCCCCCCC/C=C\CCCCCCCCCCCCCCCCCC(=O)NC(COP(=O)([O-])OCC[N+](C)(C)C)C(O)/C=C/CC/C=C/CCCCCCCCCC. The van der Waals surface area contributed by atoms with Gasteiger partial charge in [0.15, 0.2) is 0 Å². The van der Waals surface area contributed by atoms with Gasteiger partial charge in [-0.15, -0.1) is 0 Å². The summed E-state index contributed by atoms with van der Waals surface area (Å²) in [6.07, 6.45) is 57.9. The van der Waals surface area contributed by atoms with E-state index in [1.807, 2.05) is 27.2 Å². The van der Waals surface area contributed by atoms with Crippen LogP contribution in [-0.4, -0.2) is 68.5 Å². The number of aliphatic hydroxyl groups excluding tert-OH is 1. The Morgan fingerprint density at radius 1 is 0.540 bits per heavy atom. The maximum atomic E-state index is 12.9. The number of amides is 1. The quantitative estimate of drug-likeness (QED) is 0.0272. The van der Waals surface area contributed by atoms with E-state index in [0.717, 1.165) is 38.5 Å². The fourth-order valence-electron chi connectivity index (χ4n) is 7.81. The van der Waals surface area contributed by atoms with Crippen molar-refractivity contribution in [1.82, 2.24) is 5.32 Å². The van der Waals surface area contributed by atoms with Crippen LogP contribution in [0.1, 0.15) is 251 Å². The van der Waals surface area contributed by atoms with Crippen LogP contribution in [0.5, 0.6) is 0 Å². The molecule has 0 radical (unpaired) electrons. The first-order valence-corrected chi connectivity index (χ1v) is 28.3. The summed E-state index contributed by atoms with van der Waals surface area (Å²) in [5, 5.41) is 13.8. The van der Waals surface area contributed by atoms with Gasteiger partial charge < -0.3 is 28.8 Å². The highest BCUT2D eigenvalue weighted by atomic mass is 31.2. The molecule has 63 heavy (non-hydrogen) atoms. The Balaban J connectivity index is 4.17. The van der Waals surface area contributed by atoms with E-state index in [2.05, 4.69) is 43.5 Å². The number of rotatable bonds is 49. The number of nitrogens with zero attached hydrogens (tertiary/aromatic N) is 1. The van der Waals surface area contributed by atoms with Gasteiger partial charge in [0.05, 0.1) is 39.9 Å². The van der Waals surface area contributed by atoms with Gasteiger partial charge in [0.2, 0.25) is 5.91 Å². The lowest BCUT2D eigenvalue weighted by Gasteiger charge is -2.29. The first kappa shape index (κ1) is 61.7. The van der Waals surface area contributed by atoms with Crippen molar-refractivity contribution in [2.45, 2.75) is 264 Å². The summed E-state index contributed by atoms with van der Waals surface area (Å²) in [5.41, 5.74) is 0. The number of allylic oxidation sites excluding steroid dienone is 5. The Kier molecular flexibility index (Phi) is 44.9. The number of carbonyl (C=O) groups excluding carboxylic acids is 1. The number of nitrogens with one attached hydrogen (secondary N) is 1. The molecule has 0 fully saturated rings. The van der Waals surface area contributed by atoms with Crippen LogP contribution in [0.3, 0.4) is 0 Å². The second-order valence-electron chi connectivity index (χ2n) is 19.6. The van der Waals surface area contributed by atoms with Gasteiger partial charge in [-0.3, -0.25) is 9.36 Å². The average Bonchev–Trinajstić information content (AvgIpc) is 3.24. The molecule has 3 unspecified atom stereocenters. The molecular weight excluding hydrogens is 804 g/mol. The molecule has 0 saturated heterocycles. The third kappa shape index (κ3) is 48.5. The van der Waals surface area contributed by atoms with Crippen molar-refractivity contribution >= 4 is 13.7 Å². The molecule has 1 amide bonds. The molecule has 8 nitrogen and oxygen atoms in total. The first-order chi connectivity index (χ1) is 30.5. The van der Waals surface area contributed by atoms with Crippen LogP contribution in [0, 0.1) is 0 Å². The number of phosphoric acid groups is 1. The molecule has 0 aliphatic rings. The van der Waals surface area contributed by atoms with Crippen LogP contribution >= 0.6 is 7.82 Å². The van der Waals surface area contributed by atoms with Crippen molar-refractivity contribution < 1.29 is 32.9 Å². The Morgan fingerprint density at radius 2 is 0.889 bits per heavy atom. The van der Waals surface area contributed by atoms with Gasteiger partial charge in [-0.05, 0) is 57.8 Å². The summed E-state index contributed by atoms with van der Waals surface area (Å²) < 4.78 is 23.3. The molecule has 0 aromatic rings. The van der Waals surface area contributed by atoms with Crippen molar-refractivity contribution in [3.63, 3.8) is 0 Å². The summed E-state index contributed by atoms with van der Waals surface area (Å²) in [6.45, 7) is 4.64. The summed E-state index contributed by atoms with van der Waals surface area (Å²) in [7, 11) is 1.25. The van der Waals surface area contributed by atoms with Crippen LogP contribution in [-0.2, 0) is 18.4 Å². The lowest BCUT2D eigenvalue weighted by molar-refractivity contribution is -0.870. The van der Waals surface area contributed by atoms with Crippen molar-refractivity contribution in [2.75, 3.05) is 40.9 Å². The average molecular weight is 909 g/mol. The smallest absolute Gasteiger partial charge is 0.268 e. The molecule has 9 heteroatoms. The van der Waals surface area contributed by atoms with Crippen LogP contribution < -0.4 is 10.2 Å². The summed E-state index contributed by atoms with van der Waals surface area (Å²) in [4.78, 5) is 25.4. The normalized spacial score (nSPS) is 14.3. The zero-order chi connectivity index (χ0) is 46.4. The third-order valence-electron chi connectivity index (χ3n) is 12.1. The van der Waals surface area contributed by atoms with Gasteiger partial charge in [-0.1, -0.05) is 224 Å². The summed E-state index contributed by atoms with van der Waals surface area (Å²) in [6, 6.07) is -0.901. The largest absolute Gasteiger partial charge is 0.756 e. The molecule has 3 atom stereocenters. The van der Waals surface area contributed by atoms with Gasteiger partial charge in [-0.25, -0.2) is 0 Å². The predicted molar refractivity (Wildman–Crippen MR) is 270 cm³/mol.